The van der Waals surface area contributed by atoms with Gasteiger partial charge >= 0.3 is 5.97 Å². The van der Waals surface area contributed by atoms with Gasteiger partial charge in [0.1, 0.15) is 0 Å². The van der Waals surface area contributed by atoms with Gasteiger partial charge in [0.15, 0.2) is 5.69 Å². The number of H-pyrrole nitrogens is 1. The average Bonchev–Trinajstić information content (AvgIpc) is 3.21. The number of aromatic nitrogens is 4. The molecule has 1 unspecified atom stereocenters. The summed E-state index contributed by atoms with van der Waals surface area (Å²) in [6, 6.07) is 0.391. The third-order valence-corrected chi connectivity index (χ3v) is 6.83. The molecule has 0 aromatic carbocycles. The number of rotatable bonds is 4. The molecule has 144 valence electrons. The Morgan fingerprint density at radius 2 is 2.11 bits per heavy atom. The van der Waals surface area contributed by atoms with Crippen LogP contribution in [0.25, 0.3) is 0 Å². The standard InChI is InChI=1S/C20H27N5O2/c1-2-25-17-7-6-13(10-14(17)19(23-25)20(26)27)24-9-8-16-15(11-24)18(22-21-16)12-4-3-5-12/h12-13H,2-11H2,1H3,(H,21,22)(H,26,27). The third kappa shape index (κ3) is 2.71. The van der Waals surface area contributed by atoms with Gasteiger partial charge in [-0.25, -0.2) is 4.79 Å². The lowest BCUT2D eigenvalue weighted by molar-refractivity contribution is 0.0687. The highest BCUT2D eigenvalue weighted by Crippen LogP contribution is 2.39. The number of hydrogen-bond donors (Lipinski definition) is 2. The Bertz CT molecular complexity index is 879. The fraction of sp³-hybridized carbons (Fsp3) is 0.650. The topological polar surface area (TPSA) is 87.0 Å². The SMILES string of the molecule is CCn1nc(C(=O)O)c2c1CCC(N1CCc3[nH]nc(C4CCC4)c3C1)C2. The molecule has 2 aromatic heterocycles. The fourth-order valence-electron chi connectivity index (χ4n) is 5.08. The van der Waals surface area contributed by atoms with Crippen molar-refractivity contribution in [2.75, 3.05) is 6.54 Å². The quantitative estimate of drug-likeness (QED) is 0.865. The first kappa shape index (κ1) is 17.0. The largest absolute Gasteiger partial charge is 0.476 e. The van der Waals surface area contributed by atoms with E-state index in [9.17, 15) is 9.90 Å². The van der Waals surface area contributed by atoms with Gasteiger partial charge in [-0.15, -0.1) is 0 Å². The zero-order valence-electron chi connectivity index (χ0n) is 15.9. The highest BCUT2D eigenvalue weighted by molar-refractivity contribution is 5.87. The van der Waals surface area contributed by atoms with E-state index in [1.165, 1.54) is 36.2 Å². The molecule has 0 radical (unpaired) electrons. The molecule has 2 N–H and O–H groups in total. The minimum Gasteiger partial charge on any atom is -0.476 e. The molecule has 27 heavy (non-hydrogen) atoms. The van der Waals surface area contributed by atoms with Gasteiger partial charge < -0.3 is 5.11 Å². The van der Waals surface area contributed by atoms with Crippen molar-refractivity contribution >= 4 is 5.97 Å². The molecular formula is C20H27N5O2. The van der Waals surface area contributed by atoms with Crippen LogP contribution in [-0.2, 0) is 32.4 Å². The molecule has 0 spiro atoms. The molecule has 5 rings (SSSR count). The van der Waals surface area contributed by atoms with Crippen molar-refractivity contribution in [1.82, 2.24) is 24.9 Å². The molecule has 3 heterocycles. The first-order valence-corrected chi connectivity index (χ1v) is 10.3. The number of hydrogen-bond acceptors (Lipinski definition) is 4. The fourth-order valence-corrected chi connectivity index (χ4v) is 5.08. The maximum absolute atomic E-state index is 11.7. The molecule has 0 bridgehead atoms. The summed E-state index contributed by atoms with van der Waals surface area (Å²) >= 11 is 0. The number of fused-ring (bicyclic) bond motifs is 2. The van der Waals surface area contributed by atoms with Gasteiger partial charge in [0, 0.05) is 60.5 Å². The van der Waals surface area contributed by atoms with Crippen LogP contribution in [0.1, 0.15) is 77.2 Å². The van der Waals surface area contributed by atoms with Gasteiger partial charge in [0.2, 0.25) is 0 Å². The van der Waals surface area contributed by atoms with Crippen molar-refractivity contribution in [3.63, 3.8) is 0 Å². The van der Waals surface area contributed by atoms with Crippen molar-refractivity contribution in [2.24, 2.45) is 0 Å². The van der Waals surface area contributed by atoms with E-state index in [1.807, 2.05) is 11.6 Å². The molecular weight excluding hydrogens is 342 g/mol. The second kappa shape index (κ2) is 6.48. The second-order valence-electron chi connectivity index (χ2n) is 8.21. The van der Waals surface area contributed by atoms with E-state index in [0.29, 0.717) is 12.0 Å². The number of carboxylic acid groups (broad SMARTS) is 1. The maximum Gasteiger partial charge on any atom is 0.356 e. The van der Waals surface area contributed by atoms with Crippen LogP contribution in [-0.4, -0.2) is 48.5 Å². The lowest BCUT2D eigenvalue weighted by Crippen LogP contribution is -2.42. The van der Waals surface area contributed by atoms with E-state index in [1.54, 1.807) is 0 Å². The lowest BCUT2D eigenvalue weighted by atomic mass is 9.80. The summed E-state index contributed by atoms with van der Waals surface area (Å²) in [6.45, 7) is 4.72. The van der Waals surface area contributed by atoms with Crippen molar-refractivity contribution in [2.45, 2.75) is 76.9 Å². The van der Waals surface area contributed by atoms with E-state index in [0.717, 1.165) is 56.6 Å². The molecule has 1 atom stereocenters. The monoisotopic (exact) mass is 369 g/mol. The first-order chi connectivity index (χ1) is 13.2. The summed E-state index contributed by atoms with van der Waals surface area (Å²) in [6.07, 6.45) is 7.65. The smallest absolute Gasteiger partial charge is 0.356 e. The number of aryl methyl sites for hydroxylation is 1. The summed E-state index contributed by atoms with van der Waals surface area (Å²) in [7, 11) is 0. The van der Waals surface area contributed by atoms with Crippen LogP contribution >= 0.6 is 0 Å². The molecule has 3 aliphatic rings. The second-order valence-corrected chi connectivity index (χ2v) is 8.21. The summed E-state index contributed by atoms with van der Waals surface area (Å²) in [5.74, 6) is -0.258. The van der Waals surface area contributed by atoms with Gasteiger partial charge in [-0.05, 0) is 39.0 Å². The Kier molecular flexibility index (Phi) is 4.07. The van der Waals surface area contributed by atoms with Crippen LogP contribution < -0.4 is 0 Å². The van der Waals surface area contributed by atoms with E-state index >= 15 is 0 Å². The maximum atomic E-state index is 11.7. The minimum absolute atomic E-state index is 0.257. The Hall–Kier alpha value is -2.15. The van der Waals surface area contributed by atoms with E-state index in [2.05, 4.69) is 20.2 Å². The summed E-state index contributed by atoms with van der Waals surface area (Å²) in [4.78, 5) is 14.2. The molecule has 2 aromatic rings. The molecule has 1 aliphatic heterocycles. The van der Waals surface area contributed by atoms with E-state index in [-0.39, 0.29) is 5.69 Å². The highest BCUT2D eigenvalue weighted by Gasteiger charge is 2.35. The van der Waals surface area contributed by atoms with E-state index < -0.39 is 5.97 Å². The molecule has 7 heteroatoms. The van der Waals surface area contributed by atoms with Crippen LogP contribution in [0.5, 0.6) is 0 Å². The summed E-state index contributed by atoms with van der Waals surface area (Å²) in [5, 5.41) is 21.9. The van der Waals surface area contributed by atoms with Crippen LogP contribution in [0.4, 0.5) is 0 Å². The van der Waals surface area contributed by atoms with Crippen LogP contribution in [0, 0.1) is 0 Å². The molecule has 2 aliphatic carbocycles. The predicted molar refractivity (Wildman–Crippen MR) is 100.0 cm³/mol. The Labute approximate surface area is 158 Å². The van der Waals surface area contributed by atoms with Crippen molar-refractivity contribution in [3.05, 3.63) is 33.9 Å². The summed E-state index contributed by atoms with van der Waals surface area (Å²) < 4.78 is 1.88. The third-order valence-electron chi connectivity index (χ3n) is 6.83. The van der Waals surface area contributed by atoms with Gasteiger partial charge in [0.05, 0.1) is 5.69 Å². The highest BCUT2D eigenvalue weighted by atomic mass is 16.4. The number of aromatic amines is 1. The van der Waals surface area contributed by atoms with Gasteiger partial charge in [0.25, 0.3) is 0 Å². The van der Waals surface area contributed by atoms with Crippen LogP contribution in [0.2, 0.25) is 0 Å². The number of nitrogens with zero attached hydrogens (tertiary/aromatic N) is 4. The van der Waals surface area contributed by atoms with Crippen molar-refractivity contribution < 1.29 is 9.90 Å². The molecule has 7 nitrogen and oxygen atoms in total. The van der Waals surface area contributed by atoms with Gasteiger partial charge in [-0.3, -0.25) is 14.7 Å². The molecule has 1 saturated carbocycles. The Morgan fingerprint density at radius 3 is 2.81 bits per heavy atom. The Balaban J connectivity index is 1.39. The molecule has 0 amide bonds. The minimum atomic E-state index is -0.901. The first-order valence-electron chi connectivity index (χ1n) is 10.3. The molecule has 1 fully saturated rings. The Morgan fingerprint density at radius 1 is 1.26 bits per heavy atom. The lowest BCUT2D eigenvalue weighted by Gasteiger charge is -2.37. The van der Waals surface area contributed by atoms with Gasteiger partial charge in [-0.2, -0.15) is 10.2 Å². The number of nitrogens with one attached hydrogen (secondary N) is 1. The van der Waals surface area contributed by atoms with Crippen LogP contribution in [0.3, 0.4) is 0 Å². The zero-order chi connectivity index (χ0) is 18.5. The van der Waals surface area contributed by atoms with E-state index in [4.69, 9.17) is 0 Å². The van der Waals surface area contributed by atoms with Crippen molar-refractivity contribution in [3.8, 4) is 0 Å². The number of carboxylic acids is 1. The predicted octanol–water partition coefficient (Wildman–Crippen LogP) is 2.51. The summed E-state index contributed by atoms with van der Waals surface area (Å²) in [5.41, 5.74) is 6.37. The molecule has 0 saturated heterocycles. The average molecular weight is 369 g/mol. The zero-order valence-corrected chi connectivity index (χ0v) is 15.9. The van der Waals surface area contributed by atoms with Gasteiger partial charge in [-0.1, -0.05) is 6.42 Å². The van der Waals surface area contributed by atoms with Crippen molar-refractivity contribution in [1.29, 1.82) is 0 Å². The normalized spacial score (nSPS) is 22.9. The van der Waals surface area contributed by atoms with Crippen LogP contribution in [0.15, 0.2) is 0 Å². The number of carbonyl (C=O) groups is 1. The number of aromatic carboxylic acids is 1.